The van der Waals surface area contributed by atoms with Crippen LogP contribution >= 0.6 is 0 Å². The highest BCUT2D eigenvalue weighted by Gasteiger charge is 2.07. The maximum absolute atomic E-state index is 12.2. The fourth-order valence-electron chi connectivity index (χ4n) is 1.98. The zero-order chi connectivity index (χ0) is 15.2. The number of hydrogen-bond acceptors (Lipinski definition) is 2. The predicted molar refractivity (Wildman–Crippen MR) is 84.6 cm³/mol. The molecule has 0 saturated heterocycles. The van der Waals surface area contributed by atoms with Crippen LogP contribution in [-0.2, 0) is 11.2 Å². The van der Waals surface area contributed by atoms with Crippen molar-refractivity contribution in [2.24, 2.45) is 0 Å². The number of benzene rings is 2. The lowest BCUT2D eigenvalue weighted by Gasteiger charge is -2.06. The highest BCUT2D eigenvalue weighted by molar-refractivity contribution is 5.97. The Morgan fingerprint density at radius 3 is 2.14 bits per heavy atom. The van der Waals surface area contributed by atoms with Gasteiger partial charge in [0.1, 0.15) is 0 Å². The van der Waals surface area contributed by atoms with Gasteiger partial charge in [-0.2, -0.15) is 0 Å². The molecule has 0 heterocycles. The molecule has 2 aromatic carbocycles. The third-order valence-corrected chi connectivity index (χ3v) is 3.30. The minimum Gasteiger partial charge on any atom is -0.326 e. The van der Waals surface area contributed by atoms with Gasteiger partial charge in [0, 0.05) is 24.1 Å². The second-order valence-electron chi connectivity index (χ2n) is 5.06. The molecule has 1 N–H and O–H groups in total. The number of carbonyl (C=O) groups is 2. The number of hydrogen-bond donors (Lipinski definition) is 1. The van der Waals surface area contributed by atoms with Crippen LogP contribution in [0.4, 0.5) is 5.69 Å². The van der Waals surface area contributed by atoms with Crippen LogP contribution in [0, 0.1) is 6.92 Å². The van der Waals surface area contributed by atoms with Crippen LogP contribution in [0.2, 0.25) is 0 Å². The normalized spacial score (nSPS) is 10.2. The fraction of sp³-hybridized carbons (Fsp3) is 0.222. The largest absolute Gasteiger partial charge is 0.326 e. The Balaban J connectivity index is 2.01. The first-order valence-electron chi connectivity index (χ1n) is 7.07. The van der Waals surface area contributed by atoms with Gasteiger partial charge < -0.3 is 5.32 Å². The Morgan fingerprint density at radius 2 is 1.57 bits per heavy atom. The monoisotopic (exact) mass is 281 g/mol. The summed E-state index contributed by atoms with van der Waals surface area (Å²) in [6.07, 6.45) is 0.818. The molecule has 0 spiro atoms. The Bertz CT molecular complexity index is 627. The van der Waals surface area contributed by atoms with Crippen molar-refractivity contribution < 1.29 is 9.59 Å². The lowest BCUT2D eigenvalue weighted by Crippen LogP contribution is -2.09. The molecule has 2 aromatic rings. The van der Waals surface area contributed by atoms with Crippen LogP contribution in [0.1, 0.15) is 34.8 Å². The molecule has 0 unspecified atom stereocenters. The van der Waals surface area contributed by atoms with E-state index in [-0.39, 0.29) is 11.7 Å². The van der Waals surface area contributed by atoms with Crippen molar-refractivity contribution >= 4 is 17.4 Å². The highest BCUT2D eigenvalue weighted by Crippen LogP contribution is 2.13. The topological polar surface area (TPSA) is 46.2 Å². The molecule has 0 fully saturated rings. The van der Waals surface area contributed by atoms with Gasteiger partial charge in [-0.25, -0.2) is 0 Å². The summed E-state index contributed by atoms with van der Waals surface area (Å²) in [4.78, 5) is 23.5. The summed E-state index contributed by atoms with van der Waals surface area (Å²) in [5.41, 5.74) is 3.56. The van der Waals surface area contributed by atoms with Gasteiger partial charge in [0.2, 0.25) is 5.91 Å². The molecule has 0 aliphatic carbocycles. The summed E-state index contributed by atoms with van der Waals surface area (Å²) in [6, 6.07) is 15.0. The van der Waals surface area contributed by atoms with E-state index in [9.17, 15) is 9.59 Å². The van der Waals surface area contributed by atoms with Gasteiger partial charge in [-0.3, -0.25) is 9.59 Å². The zero-order valence-electron chi connectivity index (χ0n) is 12.3. The SMILES string of the molecule is CCC(=O)Nc1ccc(CC(=O)c2ccc(C)cc2)cc1. The first-order chi connectivity index (χ1) is 10.1. The summed E-state index contributed by atoms with van der Waals surface area (Å²) >= 11 is 0. The fourth-order valence-corrected chi connectivity index (χ4v) is 1.98. The number of aryl methyl sites for hydroxylation is 1. The summed E-state index contributed by atoms with van der Waals surface area (Å²) in [5, 5.41) is 2.79. The van der Waals surface area contributed by atoms with Gasteiger partial charge in [0.15, 0.2) is 5.78 Å². The average Bonchev–Trinajstić information content (AvgIpc) is 2.49. The van der Waals surface area contributed by atoms with E-state index >= 15 is 0 Å². The molecule has 0 aliphatic heterocycles. The van der Waals surface area contributed by atoms with E-state index in [1.54, 1.807) is 0 Å². The molecule has 0 saturated carbocycles. The van der Waals surface area contributed by atoms with Crippen molar-refractivity contribution in [1.82, 2.24) is 0 Å². The summed E-state index contributed by atoms with van der Waals surface area (Å²) in [7, 11) is 0. The van der Waals surface area contributed by atoms with Gasteiger partial charge in [0.25, 0.3) is 0 Å². The first-order valence-corrected chi connectivity index (χ1v) is 7.07. The van der Waals surface area contributed by atoms with E-state index in [4.69, 9.17) is 0 Å². The lowest BCUT2D eigenvalue weighted by atomic mass is 10.0. The molecule has 3 nitrogen and oxygen atoms in total. The molecule has 0 aliphatic rings. The number of Topliss-reactive ketones (excluding diaryl/α,β-unsaturated/α-hetero) is 1. The van der Waals surface area contributed by atoms with Crippen molar-refractivity contribution in [1.29, 1.82) is 0 Å². The van der Waals surface area contributed by atoms with Crippen LogP contribution in [0.15, 0.2) is 48.5 Å². The number of anilines is 1. The molecule has 21 heavy (non-hydrogen) atoms. The van der Waals surface area contributed by atoms with E-state index in [0.29, 0.717) is 12.8 Å². The quantitative estimate of drug-likeness (QED) is 0.848. The molecule has 0 aromatic heterocycles. The van der Waals surface area contributed by atoms with Gasteiger partial charge >= 0.3 is 0 Å². The highest BCUT2D eigenvalue weighted by atomic mass is 16.1. The molecular weight excluding hydrogens is 262 g/mol. The summed E-state index contributed by atoms with van der Waals surface area (Å²) in [5.74, 6) is 0.0822. The Hall–Kier alpha value is -2.42. The van der Waals surface area contributed by atoms with E-state index in [1.807, 2.05) is 62.4 Å². The van der Waals surface area contributed by atoms with Gasteiger partial charge in [-0.15, -0.1) is 0 Å². The van der Waals surface area contributed by atoms with Crippen molar-refractivity contribution in [2.75, 3.05) is 5.32 Å². The third kappa shape index (κ3) is 4.28. The minimum atomic E-state index is -0.0153. The van der Waals surface area contributed by atoms with Gasteiger partial charge in [-0.1, -0.05) is 48.9 Å². The van der Waals surface area contributed by atoms with Gasteiger partial charge in [-0.05, 0) is 24.6 Å². The third-order valence-electron chi connectivity index (χ3n) is 3.30. The van der Waals surface area contributed by atoms with Crippen LogP contribution < -0.4 is 5.32 Å². The van der Waals surface area contributed by atoms with Crippen molar-refractivity contribution in [3.8, 4) is 0 Å². The maximum atomic E-state index is 12.2. The molecule has 2 rings (SSSR count). The maximum Gasteiger partial charge on any atom is 0.224 e. The minimum absolute atomic E-state index is 0.0153. The molecular formula is C18H19NO2. The van der Waals surface area contributed by atoms with E-state index in [0.717, 1.165) is 22.4 Å². The molecule has 0 radical (unpaired) electrons. The standard InChI is InChI=1S/C18H19NO2/c1-3-18(21)19-16-10-6-14(7-11-16)12-17(20)15-8-4-13(2)5-9-15/h4-11H,3,12H2,1-2H3,(H,19,21). The average molecular weight is 281 g/mol. The van der Waals surface area contributed by atoms with Crippen molar-refractivity contribution in [3.05, 3.63) is 65.2 Å². The van der Waals surface area contributed by atoms with Crippen molar-refractivity contribution in [3.63, 3.8) is 0 Å². The van der Waals surface area contributed by atoms with E-state index in [1.165, 1.54) is 0 Å². The van der Waals surface area contributed by atoms with Crippen LogP contribution in [0.3, 0.4) is 0 Å². The molecule has 1 amide bonds. The molecule has 0 bridgehead atoms. The number of rotatable bonds is 5. The predicted octanol–water partition coefficient (Wildman–Crippen LogP) is 3.77. The number of nitrogens with one attached hydrogen (secondary N) is 1. The second-order valence-corrected chi connectivity index (χ2v) is 5.06. The van der Waals surface area contributed by atoms with Gasteiger partial charge in [0.05, 0.1) is 0 Å². The summed E-state index contributed by atoms with van der Waals surface area (Å²) in [6.45, 7) is 3.81. The Morgan fingerprint density at radius 1 is 0.952 bits per heavy atom. The second kappa shape index (κ2) is 6.84. The van der Waals surface area contributed by atoms with Crippen LogP contribution in [-0.4, -0.2) is 11.7 Å². The summed E-state index contributed by atoms with van der Waals surface area (Å²) < 4.78 is 0. The Kier molecular flexibility index (Phi) is 4.88. The first kappa shape index (κ1) is 15.0. The van der Waals surface area contributed by atoms with Crippen LogP contribution in [0.25, 0.3) is 0 Å². The van der Waals surface area contributed by atoms with E-state index in [2.05, 4.69) is 5.32 Å². The lowest BCUT2D eigenvalue weighted by molar-refractivity contribution is -0.115. The zero-order valence-corrected chi connectivity index (χ0v) is 12.3. The number of amides is 1. The van der Waals surface area contributed by atoms with Crippen molar-refractivity contribution in [2.45, 2.75) is 26.7 Å². The molecule has 3 heteroatoms. The Labute approximate surface area is 125 Å². The molecule has 108 valence electrons. The molecule has 0 atom stereocenters. The number of ketones is 1. The van der Waals surface area contributed by atoms with E-state index < -0.39 is 0 Å². The van der Waals surface area contributed by atoms with Crippen LogP contribution in [0.5, 0.6) is 0 Å². The smallest absolute Gasteiger partial charge is 0.224 e. The number of carbonyl (C=O) groups excluding carboxylic acids is 2.